The molecule has 20 heavy (non-hydrogen) atoms. The zero-order chi connectivity index (χ0) is 14.1. The Hall–Kier alpha value is -1.72. The van der Waals surface area contributed by atoms with Crippen LogP contribution in [0.1, 0.15) is 0 Å². The van der Waals surface area contributed by atoms with Crippen LogP contribution in [0.5, 0.6) is 0 Å². The Morgan fingerprint density at radius 1 is 1.05 bits per heavy atom. The predicted octanol–water partition coefficient (Wildman–Crippen LogP) is 4.93. The molecule has 0 bridgehead atoms. The topological polar surface area (TPSA) is 37.8 Å². The first-order valence-electron chi connectivity index (χ1n) is 5.78. The molecule has 0 saturated heterocycles. The minimum absolute atomic E-state index is 0.341. The molecule has 0 radical (unpaired) electrons. The van der Waals surface area contributed by atoms with E-state index in [0.717, 1.165) is 10.8 Å². The summed E-state index contributed by atoms with van der Waals surface area (Å²) in [6, 6.07) is 12.3. The van der Waals surface area contributed by atoms with E-state index >= 15 is 0 Å². The fourth-order valence-electron chi connectivity index (χ4n) is 1.87. The van der Waals surface area contributed by atoms with Gasteiger partial charge in [-0.15, -0.1) is 10.2 Å². The van der Waals surface area contributed by atoms with E-state index in [-0.39, 0.29) is 5.82 Å². The highest BCUT2D eigenvalue weighted by atomic mass is 79.9. The van der Waals surface area contributed by atoms with E-state index in [2.05, 4.69) is 31.4 Å². The molecule has 1 N–H and O–H groups in total. The number of hydrogen-bond donors (Lipinski definition) is 1. The maximum absolute atomic E-state index is 13.5. The smallest absolute Gasteiger partial charge is 0.161 e. The van der Waals surface area contributed by atoms with E-state index in [9.17, 15) is 4.39 Å². The van der Waals surface area contributed by atoms with Gasteiger partial charge in [-0.25, -0.2) is 4.39 Å². The van der Waals surface area contributed by atoms with Gasteiger partial charge in [0, 0.05) is 16.5 Å². The molecule has 0 unspecified atom stereocenters. The molecule has 0 fully saturated rings. The number of halogens is 3. The minimum atomic E-state index is -0.346. The third-order valence-corrected chi connectivity index (χ3v) is 3.75. The van der Waals surface area contributed by atoms with Gasteiger partial charge >= 0.3 is 0 Å². The molecular formula is C14H8BrClFN3. The summed E-state index contributed by atoms with van der Waals surface area (Å²) in [7, 11) is 0. The van der Waals surface area contributed by atoms with E-state index in [1.54, 1.807) is 12.1 Å². The summed E-state index contributed by atoms with van der Waals surface area (Å²) >= 11 is 9.13. The van der Waals surface area contributed by atoms with E-state index in [4.69, 9.17) is 11.6 Å². The van der Waals surface area contributed by atoms with Crippen molar-refractivity contribution in [2.24, 2.45) is 0 Å². The van der Waals surface area contributed by atoms with Crippen molar-refractivity contribution < 1.29 is 4.39 Å². The van der Waals surface area contributed by atoms with Crippen molar-refractivity contribution in [3.8, 4) is 0 Å². The average Bonchev–Trinajstić information content (AvgIpc) is 2.46. The Kier molecular flexibility index (Phi) is 3.54. The standard InChI is InChI=1S/C14H8BrClFN3/c15-11-6-5-8(7-12(11)17)18-14-10-4-2-1-3-9(10)13(16)19-20-14/h1-7H,(H,18,20). The third kappa shape index (κ3) is 2.46. The second kappa shape index (κ2) is 5.34. The summed E-state index contributed by atoms with van der Waals surface area (Å²) < 4.78 is 13.9. The van der Waals surface area contributed by atoms with Crippen LogP contribution in [0.15, 0.2) is 46.9 Å². The maximum Gasteiger partial charge on any atom is 0.161 e. The lowest BCUT2D eigenvalue weighted by atomic mass is 10.2. The first kappa shape index (κ1) is 13.3. The fourth-order valence-corrected chi connectivity index (χ4v) is 2.32. The third-order valence-electron chi connectivity index (χ3n) is 2.82. The summed E-state index contributed by atoms with van der Waals surface area (Å²) in [5, 5.41) is 12.9. The van der Waals surface area contributed by atoms with Crippen molar-refractivity contribution in [2.45, 2.75) is 0 Å². The molecule has 0 spiro atoms. The van der Waals surface area contributed by atoms with E-state index in [1.165, 1.54) is 6.07 Å². The second-order valence-corrected chi connectivity index (χ2v) is 5.35. The van der Waals surface area contributed by atoms with Crippen LogP contribution in [0, 0.1) is 5.82 Å². The molecule has 0 aliphatic heterocycles. The summed E-state index contributed by atoms with van der Waals surface area (Å²) in [4.78, 5) is 0. The molecule has 3 aromatic rings. The zero-order valence-corrected chi connectivity index (χ0v) is 12.4. The van der Waals surface area contributed by atoms with Crippen LogP contribution in [0.4, 0.5) is 15.9 Å². The number of aromatic nitrogens is 2. The molecule has 3 rings (SSSR count). The van der Waals surface area contributed by atoms with Gasteiger partial charge < -0.3 is 5.32 Å². The molecule has 2 aromatic carbocycles. The Morgan fingerprint density at radius 2 is 1.80 bits per heavy atom. The lowest BCUT2D eigenvalue weighted by Gasteiger charge is -2.09. The first-order chi connectivity index (χ1) is 9.65. The van der Waals surface area contributed by atoms with Gasteiger partial charge in [-0.2, -0.15) is 0 Å². The van der Waals surface area contributed by atoms with Crippen LogP contribution in [0.2, 0.25) is 5.15 Å². The monoisotopic (exact) mass is 351 g/mol. The minimum Gasteiger partial charge on any atom is -0.338 e. The van der Waals surface area contributed by atoms with Gasteiger partial charge in [-0.3, -0.25) is 0 Å². The quantitative estimate of drug-likeness (QED) is 0.711. The van der Waals surface area contributed by atoms with Crippen molar-refractivity contribution in [2.75, 3.05) is 5.32 Å². The fraction of sp³-hybridized carbons (Fsp3) is 0. The van der Waals surface area contributed by atoms with E-state index in [0.29, 0.717) is 21.1 Å². The van der Waals surface area contributed by atoms with Crippen molar-refractivity contribution in [3.05, 3.63) is 57.9 Å². The van der Waals surface area contributed by atoms with Crippen LogP contribution in [-0.4, -0.2) is 10.2 Å². The highest BCUT2D eigenvalue weighted by Crippen LogP contribution is 2.28. The van der Waals surface area contributed by atoms with Crippen molar-refractivity contribution >= 4 is 49.8 Å². The van der Waals surface area contributed by atoms with Crippen LogP contribution < -0.4 is 5.32 Å². The lowest BCUT2D eigenvalue weighted by molar-refractivity contribution is 0.622. The number of nitrogens with one attached hydrogen (secondary N) is 1. The van der Waals surface area contributed by atoms with E-state index < -0.39 is 0 Å². The number of hydrogen-bond acceptors (Lipinski definition) is 3. The summed E-state index contributed by atoms with van der Waals surface area (Å²) in [5.41, 5.74) is 0.590. The van der Waals surface area contributed by atoms with Gasteiger partial charge in [0.05, 0.1) is 4.47 Å². The summed E-state index contributed by atoms with van der Waals surface area (Å²) in [5.74, 6) is 0.188. The molecule has 6 heteroatoms. The number of anilines is 2. The van der Waals surface area contributed by atoms with Crippen molar-refractivity contribution in [1.82, 2.24) is 10.2 Å². The highest BCUT2D eigenvalue weighted by molar-refractivity contribution is 9.10. The van der Waals surface area contributed by atoms with Gasteiger partial charge in [0.25, 0.3) is 0 Å². The summed E-state index contributed by atoms with van der Waals surface area (Å²) in [6.45, 7) is 0. The molecule has 0 aliphatic carbocycles. The largest absolute Gasteiger partial charge is 0.338 e. The molecule has 1 aromatic heterocycles. The second-order valence-electron chi connectivity index (χ2n) is 4.14. The molecule has 0 atom stereocenters. The maximum atomic E-state index is 13.5. The average molecular weight is 353 g/mol. The normalized spacial score (nSPS) is 10.8. The number of nitrogens with zero attached hydrogens (tertiary/aromatic N) is 2. The summed E-state index contributed by atoms with van der Waals surface area (Å²) in [6.07, 6.45) is 0. The van der Waals surface area contributed by atoms with Crippen LogP contribution in [0.3, 0.4) is 0 Å². The van der Waals surface area contributed by atoms with Gasteiger partial charge in [-0.1, -0.05) is 35.9 Å². The van der Waals surface area contributed by atoms with Crippen LogP contribution in [0.25, 0.3) is 10.8 Å². The Morgan fingerprint density at radius 3 is 2.55 bits per heavy atom. The van der Waals surface area contributed by atoms with Gasteiger partial charge in [0.2, 0.25) is 0 Å². The predicted molar refractivity (Wildman–Crippen MR) is 81.9 cm³/mol. The van der Waals surface area contributed by atoms with Crippen molar-refractivity contribution in [3.63, 3.8) is 0 Å². The molecule has 100 valence electrons. The zero-order valence-electron chi connectivity index (χ0n) is 10.1. The highest BCUT2D eigenvalue weighted by Gasteiger charge is 2.08. The Bertz CT molecular complexity index is 794. The lowest BCUT2D eigenvalue weighted by Crippen LogP contribution is -1.98. The number of fused-ring (bicyclic) bond motifs is 1. The van der Waals surface area contributed by atoms with Crippen LogP contribution in [-0.2, 0) is 0 Å². The molecule has 1 heterocycles. The van der Waals surface area contributed by atoms with Crippen molar-refractivity contribution in [1.29, 1.82) is 0 Å². The molecule has 0 aliphatic rings. The van der Waals surface area contributed by atoms with Gasteiger partial charge in [0.15, 0.2) is 11.0 Å². The number of benzene rings is 2. The Balaban J connectivity index is 2.06. The Labute approximate surface area is 127 Å². The number of rotatable bonds is 2. The molecular weight excluding hydrogens is 345 g/mol. The molecule has 0 amide bonds. The molecule has 3 nitrogen and oxygen atoms in total. The van der Waals surface area contributed by atoms with Gasteiger partial charge in [-0.05, 0) is 34.1 Å². The van der Waals surface area contributed by atoms with Crippen LogP contribution >= 0.6 is 27.5 Å². The first-order valence-corrected chi connectivity index (χ1v) is 6.95. The SMILES string of the molecule is Fc1cc(Nc2nnc(Cl)c3ccccc23)ccc1Br. The van der Waals surface area contributed by atoms with Gasteiger partial charge in [0.1, 0.15) is 5.82 Å². The molecule has 0 saturated carbocycles. The van der Waals surface area contributed by atoms with E-state index in [1.807, 2.05) is 24.3 Å².